The molecule has 4 heteroatoms. The van der Waals surface area contributed by atoms with Crippen molar-refractivity contribution in [3.8, 4) is 0 Å². The van der Waals surface area contributed by atoms with Gasteiger partial charge in [-0.05, 0) is 13.0 Å². The van der Waals surface area contributed by atoms with Crippen LogP contribution in [0, 0.1) is 0 Å². The first kappa shape index (κ1) is 10.4. The van der Waals surface area contributed by atoms with Gasteiger partial charge in [-0.15, -0.1) is 0 Å². The Morgan fingerprint density at radius 2 is 2.00 bits per heavy atom. The first-order chi connectivity index (χ1) is 5.49. The van der Waals surface area contributed by atoms with Crippen LogP contribution in [0.25, 0.3) is 0 Å². The Morgan fingerprint density at radius 3 is 2.33 bits per heavy atom. The molecule has 0 spiro atoms. The van der Waals surface area contributed by atoms with E-state index in [1.165, 1.54) is 20.0 Å². The van der Waals surface area contributed by atoms with Crippen LogP contribution in [-0.4, -0.2) is 24.0 Å². The minimum Gasteiger partial charge on any atom is -0.478 e. The summed E-state index contributed by atoms with van der Waals surface area (Å²) < 4.78 is 0. The van der Waals surface area contributed by atoms with E-state index < -0.39 is 5.97 Å². The largest absolute Gasteiger partial charge is 0.478 e. The number of nitrogens with one attached hydrogen (secondary N) is 1. The van der Waals surface area contributed by atoms with Gasteiger partial charge in [0.2, 0.25) is 5.91 Å². The first-order valence-electron chi connectivity index (χ1n) is 3.31. The summed E-state index contributed by atoms with van der Waals surface area (Å²) >= 11 is 0. The van der Waals surface area contributed by atoms with Crippen LogP contribution < -0.4 is 5.32 Å². The van der Waals surface area contributed by atoms with E-state index in [0.717, 1.165) is 0 Å². The molecule has 0 aliphatic rings. The highest BCUT2D eigenvalue weighted by molar-refractivity contribution is 5.98. The number of hydrogen-bond acceptors (Lipinski definition) is 2. The third-order valence-electron chi connectivity index (χ3n) is 1.25. The first-order valence-corrected chi connectivity index (χ1v) is 3.31. The molecule has 0 saturated carbocycles. The third kappa shape index (κ3) is 3.01. The summed E-state index contributed by atoms with van der Waals surface area (Å²) in [5, 5.41) is 10.8. The lowest BCUT2D eigenvalue weighted by molar-refractivity contribution is -0.132. The molecule has 0 aliphatic carbocycles. The van der Waals surface area contributed by atoms with Crippen molar-refractivity contribution < 1.29 is 14.7 Å². The molecule has 0 unspecified atom stereocenters. The normalized spacial score (nSPS) is 10.7. The highest BCUT2D eigenvalue weighted by atomic mass is 16.4. The van der Waals surface area contributed by atoms with Crippen LogP contribution in [0.4, 0.5) is 0 Å². The van der Waals surface area contributed by atoms with Gasteiger partial charge in [-0.25, -0.2) is 4.79 Å². The number of carbonyl (C=O) groups excluding carboxylic acids is 1. The van der Waals surface area contributed by atoms with Crippen LogP contribution >= 0.6 is 0 Å². The molecule has 66 valence electrons. The van der Waals surface area contributed by atoms with Crippen molar-refractivity contribution in [2.45, 2.75) is 6.92 Å². The van der Waals surface area contributed by atoms with E-state index >= 15 is 0 Å². The molecule has 4 nitrogen and oxygen atoms in total. The second-order valence-electron chi connectivity index (χ2n) is 2.24. The summed E-state index contributed by atoms with van der Waals surface area (Å²) in [5.74, 6) is -1.43. The van der Waals surface area contributed by atoms with Crippen LogP contribution in [-0.2, 0) is 9.59 Å². The maximum atomic E-state index is 10.8. The van der Waals surface area contributed by atoms with Gasteiger partial charge in [0.15, 0.2) is 0 Å². The topological polar surface area (TPSA) is 66.4 Å². The SMILES string of the molecule is C=C(/C=C(\C)C(=O)O)C(=O)NC. The molecule has 0 aliphatic heterocycles. The summed E-state index contributed by atoms with van der Waals surface area (Å²) in [4.78, 5) is 21.1. The van der Waals surface area contributed by atoms with Crippen LogP contribution in [0.2, 0.25) is 0 Å². The van der Waals surface area contributed by atoms with E-state index in [2.05, 4.69) is 11.9 Å². The van der Waals surface area contributed by atoms with Gasteiger partial charge in [-0.1, -0.05) is 6.58 Å². The monoisotopic (exact) mass is 169 g/mol. The van der Waals surface area contributed by atoms with E-state index in [0.29, 0.717) is 0 Å². The molecule has 0 rings (SSSR count). The van der Waals surface area contributed by atoms with Gasteiger partial charge in [0, 0.05) is 18.2 Å². The lowest BCUT2D eigenvalue weighted by atomic mass is 10.2. The molecule has 0 fully saturated rings. The quantitative estimate of drug-likeness (QED) is 0.472. The van der Waals surface area contributed by atoms with Crippen molar-refractivity contribution in [2.24, 2.45) is 0 Å². The van der Waals surface area contributed by atoms with E-state index in [1.807, 2.05) is 0 Å². The zero-order chi connectivity index (χ0) is 9.72. The third-order valence-corrected chi connectivity index (χ3v) is 1.25. The number of hydrogen-bond donors (Lipinski definition) is 2. The molecule has 0 aromatic rings. The highest BCUT2D eigenvalue weighted by Gasteiger charge is 2.04. The second kappa shape index (κ2) is 4.33. The van der Waals surface area contributed by atoms with Crippen molar-refractivity contribution in [1.82, 2.24) is 5.32 Å². The van der Waals surface area contributed by atoms with Gasteiger partial charge < -0.3 is 10.4 Å². The second-order valence-corrected chi connectivity index (χ2v) is 2.24. The number of rotatable bonds is 3. The Morgan fingerprint density at radius 1 is 1.50 bits per heavy atom. The van der Waals surface area contributed by atoms with Gasteiger partial charge in [0.05, 0.1) is 0 Å². The van der Waals surface area contributed by atoms with Crippen molar-refractivity contribution >= 4 is 11.9 Å². The lowest BCUT2D eigenvalue weighted by Gasteiger charge is -1.98. The standard InChI is InChI=1S/C8H11NO3/c1-5(7(10)9-3)4-6(2)8(11)12/h4H,1H2,2-3H3,(H,9,10)(H,11,12)/b6-4+. The molecule has 2 N–H and O–H groups in total. The molecule has 12 heavy (non-hydrogen) atoms. The Hall–Kier alpha value is -1.58. The number of carbonyl (C=O) groups is 2. The zero-order valence-electron chi connectivity index (χ0n) is 7.05. The maximum absolute atomic E-state index is 10.8. The fourth-order valence-electron chi connectivity index (χ4n) is 0.549. The predicted octanol–water partition coefficient (Wildman–Crippen LogP) is 0.319. The summed E-state index contributed by atoms with van der Waals surface area (Å²) in [5.41, 5.74) is 0.223. The highest BCUT2D eigenvalue weighted by Crippen LogP contribution is 1.99. The smallest absolute Gasteiger partial charge is 0.331 e. The van der Waals surface area contributed by atoms with Crippen LogP contribution in [0.5, 0.6) is 0 Å². The molecule has 0 aromatic carbocycles. The van der Waals surface area contributed by atoms with Crippen molar-refractivity contribution in [3.05, 3.63) is 23.8 Å². The number of likely N-dealkylation sites (N-methyl/N-ethyl adjacent to an activating group) is 1. The van der Waals surface area contributed by atoms with Gasteiger partial charge in [0.25, 0.3) is 0 Å². The summed E-state index contributed by atoms with van der Waals surface area (Å²) in [7, 11) is 1.46. The number of amides is 1. The van der Waals surface area contributed by atoms with E-state index in [-0.39, 0.29) is 17.1 Å². The summed E-state index contributed by atoms with van der Waals surface area (Å²) in [6.45, 7) is 4.80. The molecular weight excluding hydrogens is 158 g/mol. The fourth-order valence-corrected chi connectivity index (χ4v) is 0.549. The molecule has 0 bridgehead atoms. The lowest BCUT2D eigenvalue weighted by Crippen LogP contribution is -2.18. The van der Waals surface area contributed by atoms with Gasteiger partial charge in [-0.3, -0.25) is 4.79 Å². The molecular formula is C8H11NO3. The van der Waals surface area contributed by atoms with Crippen LogP contribution in [0.3, 0.4) is 0 Å². The van der Waals surface area contributed by atoms with E-state index in [9.17, 15) is 9.59 Å². The predicted molar refractivity (Wildman–Crippen MR) is 44.6 cm³/mol. The van der Waals surface area contributed by atoms with Crippen molar-refractivity contribution in [3.63, 3.8) is 0 Å². The summed E-state index contributed by atoms with van der Waals surface area (Å²) in [6.07, 6.45) is 1.22. The number of aliphatic carboxylic acids is 1. The number of carboxylic acid groups (broad SMARTS) is 1. The van der Waals surface area contributed by atoms with E-state index in [4.69, 9.17) is 5.11 Å². The van der Waals surface area contributed by atoms with Gasteiger partial charge >= 0.3 is 5.97 Å². The van der Waals surface area contributed by atoms with Gasteiger partial charge in [0.1, 0.15) is 0 Å². The Labute approximate surface area is 70.6 Å². The Kier molecular flexibility index (Phi) is 3.76. The van der Waals surface area contributed by atoms with Crippen molar-refractivity contribution in [2.75, 3.05) is 7.05 Å². The molecule has 0 atom stereocenters. The van der Waals surface area contributed by atoms with Crippen molar-refractivity contribution in [1.29, 1.82) is 0 Å². The zero-order valence-corrected chi connectivity index (χ0v) is 7.05. The Bertz CT molecular complexity index is 253. The van der Waals surface area contributed by atoms with Crippen LogP contribution in [0.15, 0.2) is 23.8 Å². The minimum atomic E-state index is -1.06. The van der Waals surface area contributed by atoms with Gasteiger partial charge in [-0.2, -0.15) is 0 Å². The summed E-state index contributed by atoms with van der Waals surface area (Å²) in [6, 6.07) is 0. The molecule has 0 radical (unpaired) electrons. The average Bonchev–Trinajstić information content (AvgIpc) is 2.02. The Balaban J connectivity index is 4.44. The molecule has 1 amide bonds. The molecule has 0 aromatic heterocycles. The minimum absolute atomic E-state index is 0.0867. The maximum Gasteiger partial charge on any atom is 0.331 e. The fraction of sp³-hybridized carbons (Fsp3) is 0.250. The average molecular weight is 169 g/mol. The van der Waals surface area contributed by atoms with E-state index in [1.54, 1.807) is 0 Å². The number of carboxylic acids is 1. The van der Waals surface area contributed by atoms with Crippen LogP contribution in [0.1, 0.15) is 6.92 Å². The molecule has 0 saturated heterocycles. The molecule has 0 heterocycles.